The molecule has 3 nitrogen and oxygen atoms in total. The molecule has 0 saturated carbocycles. The molecule has 4 heteroatoms. The first-order valence-electron chi connectivity index (χ1n) is 6.46. The molecule has 1 aromatic heterocycles. The number of hydrogen-bond donors (Lipinski definition) is 1. The van der Waals surface area contributed by atoms with Gasteiger partial charge < -0.3 is 10.1 Å². The smallest absolute Gasteiger partial charge is 0.0954 e. The maximum Gasteiger partial charge on any atom is 0.0954 e. The zero-order valence-electron chi connectivity index (χ0n) is 11.4. The topological polar surface area (TPSA) is 34.1 Å². The van der Waals surface area contributed by atoms with Gasteiger partial charge in [-0.15, -0.1) is 11.3 Å². The van der Waals surface area contributed by atoms with Crippen LogP contribution in [0.1, 0.15) is 48.8 Å². The fraction of sp³-hybridized carbons (Fsp3) is 0.769. The number of aryl methyl sites for hydroxylation is 1. The summed E-state index contributed by atoms with van der Waals surface area (Å²) in [6.45, 7) is 11.1. The maximum absolute atomic E-state index is 5.36. The Morgan fingerprint density at radius 2 is 2.18 bits per heavy atom. The van der Waals surface area contributed by atoms with Crippen molar-refractivity contribution in [2.45, 2.75) is 46.6 Å². The number of nitrogens with zero attached hydrogens (tertiary/aromatic N) is 1. The van der Waals surface area contributed by atoms with E-state index < -0.39 is 0 Å². The first kappa shape index (κ1) is 14.6. The third-order valence-corrected chi connectivity index (χ3v) is 4.03. The molecule has 0 amide bonds. The van der Waals surface area contributed by atoms with Crippen LogP contribution < -0.4 is 5.32 Å². The minimum Gasteiger partial charge on any atom is -0.381 e. The van der Waals surface area contributed by atoms with Crippen LogP contribution in [0.3, 0.4) is 0 Å². The van der Waals surface area contributed by atoms with Crippen LogP contribution in [-0.4, -0.2) is 24.7 Å². The van der Waals surface area contributed by atoms with Crippen molar-refractivity contribution in [2.24, 2.45) is 0 Å². The molecule has 0 radical (unpaired) electrons. The van der Waals surface area contributed by atoms with Gasteiger partial charge in [0.2, 0.25) is 0 Å². The van der Waals surface area contributed by atoms with E-state index in [1.165, 1.54) is 16.3 Å². The Morgan fingerprint density at radius 1 is 1.41 bits per heavy atom. The minimum atomic E-state index is 0.410. The molecule has 0 aliphatic carbocycles. The fourth-order valence-corrected chi connectivity index (χ4v) is 2.81. The second kappa shape index (κ2) is 7.80. The highest BCUT2D eigenvalue weighted by molar-refractivity contribution is 7.11. The monoisotopic (exact) mass is 256 g/mol. The number of thiazole rings is 1. The molecule has 0 spiro atoms. The lowest BCUT2D eigenvalue weighted by atomic mass is 10.2. The number of rotatable bonds is 8. The molecule has 1 heterocycles. The van der Waals surface area contributed by atoms with Crippen LogP contribution in [0.2, 0.25) is 0 Å². The highest BCUT2D eigenvalue weighted by Gasteiger charge is 2.13. The Labute approximate surface area is 109 Å². The molecule has 0 saturated heterocycles. The predicted molar refractivity (Wildman–Crippen MR) is 73.8 cm³/mol. The molecule has 0 bridgehead atoms. The van der Waals surface area contributed by atoms with Crippen LogP contribution in [0.4, 0.5) is 0 Å². The average molecular weight is 256 g/mol. The van der Waals surface area contributed by atoms with Gasteiger partial charge in [0.25, 0.3) is 0 Å². The Morgan fingerprint density at radius 3 is 2.82 bits per heavy atom. The van der Waals surface area contributed by atoms with Crippen LogP contribution in [0.25, 0.3) is 0 Å². The van der Waals surface area contributed by atoms with Crippen LogP contribution in [-0.2, 0) is 11.2 Å². The zero-order chi connectivity index (χ0) is 12.7. The summed E-state index contributed by atoms with van der Waals surface area (Å²) >= 11 is 1.81. The third-order valence-electron chi connectivity index (χ3n) is 2.63. The van der Waals surface area contributed by atoms with Gasteiger partial charge >= 0.3 is 0 Å². The van der Waals surface area contributed by atoms with E-state index in [9.17, 15) is 0 Å². The van der Waals surface area contributed by atoms with Crippen LogP contribution >= 0.6 is 11.3 Å². The summed E-state index contributed by atoms with van der Waals surface area (Å²) in [7, 11) is 0. The van der Waals surface area contributed by atoms with E-state index in [2.05, 4.69) is 31.1 Å². The fourth-order valence-electron chi connectivity index (χ4n) is 1.73. The number of aromatic nitrogens is 1. The minimum absolute atomic E-state index is 0.410. The molecule has 0 fully saturated rings. The third kappa shape index (κ3) is 4.74. The average Bonchev–Trinajstić information content (AvgIpc) is 2.68. The van der Waals surface area contributed by atoms with Gasteiger partial charge in [-0.05, 0) is 33.7 Å². The standard InChI is InChI=1S/C13H24N2OS/c1-5-8-14-10(3)13-11(4)15-12(17-13)7-9-16-6-2/h10,14H,5-9H2,1-4H3. The van der Waals surface area contributed by atoms with Crippen LogP contribution in [0.15, 0.2) is 0 Å². The Kier molecular flexibility index (Phi) is 6.70. The quantitative estimate of drug-likeness (QED) is 0.726. The number of ether oxygens (including phenoxy) is 1. The summed E-state index contributed by atoms with van der Waals surface area (Å²) in [5.74, 6) is 0. The van der Waals surface area contributed by atoms with Gasteiger partial charge in [-0.1, -0.05) is 6.92 Å². The zero-order valence-corrected chi connectivity index (χ0v) is 12.2. The Balaban J connectivity index is 2.54. The Hall–Kier alpha value is -0.450. The van der Waals surface area contributed by atoms with Gasteiger partial charge in [0.05, 0.1) is 17.3 Å². The normalized spacial score (nSPS) is 12.9. The van der Waals surface area contributed by atoms with E-state index in [0.29, 0.717) is 6.04 Å². The van der Waals surface area contributed by atoms with Gasteiger partial charge in [0, 0.05) is 23.9 Å². The largest absolute Gasteiger partial charge is 0.381 e. The molecule has 17 heavy (non-hydrogen) atoms. The highest BCUT2D eigenvalue weighted by Crippen LogP contribution is 2.25. The molecule has 1 rings (SSSR count). The summed E-state index contributed by atoms with van der Waals surface area (Å²) in [6.07, 6.45) is 2.10. The molecular weight excluding hydrogens is 232 g/mol. The van der Waals surface area contributed by atoms with Gasteiger partial charge in [-0.3, -0.25) is 0 Å². The summed E-state index contributed by atoms with van der Waals surface area (Å²) in [4.78, 5) is 5.98. The van der Waals surface area contributed by atoms with Gasteiger partial charge in [0.1, 0.15) is 0 Å². The summed E-state index contributed by atoms with van der Waals surface area (Å²) in [5, 5.41) is 4.70. The van der Waals surface area contributed by atoms with E-state index >= 15 is 0 Å². The lowest BCUT2D eigenvalue weighted by molar-refractivity contribution is 0.151. The molecular formula is C13H24N2OS. The molecule has 1 unspecified atom stereocenters. The Bertz CT molecular complexity index is 325. The van der Waals surface area contributed by atoms with E-state index in [0.717, 1.165) is 31.9 Å². The molecule has 0 aromatic carbocycles. The van der Waals surface area contributed by atoms with Crippen LogP contribution in [0, 0.1) is 6.92 Å². The number of hydrogen-bond acceptors (Lipinski definition) is 4. The van der Waals surface area contributed by atoms with Crippen LogP contribution in [0.5, 0.6) is 0 Å². The summed E-state index contributed by atoms with van der Waals surface area (Å²) < 4.78 is 5.36. The second-order valence-electron chi connectivity index (χ2n) is 4.18. The first-order valence-corrected chi connectivity index (χ1v) is 7.28. The van der Waals surface area contributed by atoms with Crippen molar-refractivity contribution in [3.05, 3.63) is 15.6 Å². The van der Waals surface area contributed by atoms with E-state index in [-0.39, 0.29) is 0 Å². The van der Waals surface area contributed by atoms with Crippen molar-refractivity contribution in [3.8, 4) is 0 Å². The lowest BCUT2D eigenvalue weighted by Gasteiger charge is -2.11. The van der Waals surface area contributed by atoms with E-state index in [1.54, 1.807) is 0 Å². The van der Waals surface area contributed by atoms with Gasteiger partial charge in [0.15, 0.2) is 0 Å². The SMILES string of the molecule is CCCNC(C)c1sc(CCOCC)nc1C. The summed E-state index contributed by atoms with van der Waals surface area (Å²) in [6, 6.07) is 0.410. The van der Waals surface area contributed by atoms with E-state index in [4.69, 9.17) is 4.74 Å². The molecule has 0 aliphatic heterocycles. The predicted octanol–water partition coefficient (Wildman–Crippen LogP) is 3.09. The van der Waals surface area contributed by atoms with Crippen molar-refractivity contribution in [1.29, 1.82) is 0 Å². The highest BCUT2D eigenvalue weighted by atomic mass is 32.1. The summed E-state index contributed by atoms with van der Waals surface area (Å²) in [5.41, 5.74) is 1.16. The van der Waals surface area contributed by atoms with Gasteiger partial charge in [-0.25, -0.2) is 4.98 Å². The maximum atomic E-state index is 5.36. The van der Waals surface area contributed by atoms with Crippen molar-refractivity contribution in [2.75, 3.05) is 19.8 Å². The second-order valence-corrected chi connectivity index (χ2v) is 5.30. The molecule has 1 atom stereocenters. The molecule has 1 N–H and O–H groups in total. The van der Waals surface area contributed by atoms with E-state index in [1.807, 2.05) is 18.3 Å². The molecule has 0 aliphatic rings. The lowest BCUT2D eigenvalue weighted by Crippen LogP contribution is -2.18. The first-order chi connectivity index (χ1) is 8.19. The molecule has 98 valence electrons. The van der Waals surface area contributed by atoms with Crippen molar-refractivity contribution < 1.29 is 4.74 Å². The molecule has 1 aromatic rings. The number of nitrogens with one attached hydrogen (secondary N) is 1. The van der Waals surface area contributed by atoms with Gasteiger partial charge in [-0.2, -0.15) is 0 Å². The van der Waals surface area contributed by atoms with Crippen molar-refractivity contribution in [1.82, 2.24) is 10.3 Å². The van der Waals surface area contributed by atoms with Crippen molar-refractivity contribution in [3.63, 3.8) is 0 Å². The van der Waals surface area contributed by atoms with Crippen molar-refractivity contribution >= 4 is 11.3 Å².